The molecule has 2 aromatic carbocycles. The predicted octanol–water partition coefficient (Wildman–Crippen LogP) is 4.43. The maximum atomic E-state index is 5.82. The lowest BCUT2D eigenvalue weighted by Gasteiger charge is -2.04. The summed E-state index contributed by atoms with van der Waals surface area (Å²) in [6, 6.07) is 13.8. The molecule has 3 aromatic rings. The van der Waals surface area contributed by atoms with Crippen LogP contribution < -0.4 is 9.47 Å². The van der Waals surface area contributed by atoms with E-state index < -0.39 is 0 Å². The van der Waals surface area contributed by atoms with Crippen molar-refractivity contribution in [3.05, 3.63) is 48.2 Å². The summed E-state index contributed by atoms with van der Waals surface area (Å²) in [5.41, 5.74) is 3.07. The van der Waals surface area contributed by atoms with Crippen LogP contribution in [0.1, 0.15) is 5.76 Å². The molecule has 3 rings (SSSR count). The van der Waals surface area contributed by atoms with Crippen LogP contribution in [0.15, 0.2) is 46.9 Å². The lowest BCUT2D eigenvalue weighted by Crippen LogP contribution is -1.84. The summed E-state index contributed by atoms with van der Waals surface area (Å²) in [6.07, 6.45) is 0. The number of benzene rings is 2. The predicted molar refractivity (Wildman–Crippen MR) is 79.5 cm³/mol. The third-order valence-electron chi connectivity index (χ3n) is 3.45. The molecular formula is C17H16O3. The van der Waals surface area contributed by atoms with E-state index in [-0.39, 0.29) is 0 Å². The van der Waals surface area contributed by atoms with E-state index in [0.717, 1.165) is 39.4 Å². The summed E-state index contributed by atoms with van der Waals surface area (Å²) in [5, 5.41) is 1.06. The lowest BCUT2D eigenvalue weighted by molar-refractivity contribution is 0.415. The molecule has 0 aliphatic carbocycles. The quantitative estimate of drug-likeness (QED) is 0.704. The van der Waals surface area contributed by atoms with Gasteiger partial charge in [-0.15, -0.1) is 0 Å². The molecule has 0 N–H and O–H groups in total. The molecule has 0 saturated heterocycles. The highest BCUT2D eigenvalue weighted by Crippen LogP contribution is 2.36. The Hall–Kier alpha value is -2.42. The first kappa shape index (κ1) is 12.6. The first-order valence-corrected chi connectivity index (χ1v) is 6.44. The summed E-state index contributed by atoms with van der Waals surface area (Å²) in [7, 11) is 3.33. The first-order valence-electron chi connectivity index (χ1n) is 6.44. The van der Waals surface area contributed by atoms with Crippen LogP contribution in [0.25, 0.3) is 22.1 Å². The Morgan fingerprint density at radius 3 is 2.15 bits per heavy atom. The fraction of sp³-hybridized carbons (Fsp3) is 0.176. The van der Waals surface area contributed by atoms with Gasteiger partial charge >= 0.3 is 0 Å². The highest BCUT2D eigenvalue weighted by Gasteiger charge is 2.13. The standard InChI is InChI=1S/C17H16O3/c1-11-17(12-4-6-13(18-2)7-5-12)15-10-14(19-3)8-9-16(15)20-11/h4-10H,1-3H3. The van der Waals surface area contributed by atoms with Crippen LogP contribution in [0.3, 0.4) is 0 Å². The average Bonchev–Trinajstić information content (AvgIpc) is 2.82. The van der Waals surface area contributed by atoms with E-state index in [0.29, 0.717) is 0 Å². The summed E-state index contributed by atoms with van der Waals surface area (Å²) in [4.78, 5) is 0. The molecule has 0 saturated carbocycles. The molecule has 0 radical (unpaired) electrons. The summed E-state index contributed by atoms with van der Waals surface area (Å²) in [5.74, 6) is 2.57. The highest BCUT2D eigenvalue weighted by molar-refractivity contribution is 5.96. The average molecular weight is 268 g/mol. The molecule has 3 heteroatoms. The molecule has 0 aliphatic heterocycles. The molecule has 0 unspecified atom stereocenters. The second-order valence-corrected chi connectivity index (χ2v) is 4.62. The smallest absolute Gasteiger partial charge is 0.135 e. The Kier molecular flexibility index (Phi) is 3.11. The number of fused-ring (bicyclic) bond motifs is 1. The number of rotatable bonds is 3. The van der Waals surface area contributed by atoms with Crippen LogP contribution in [-0.4, -0.2) is 14.2 Å². The number of furan rings is 1. The normalized spacial score (nSPS) is 10.8. The zero-order chi connectivity index (χ0) is 14.1. The van der Waals surface area contributed by atoms with Gasteiger partial charge in [-0.1, -0.05) is 12.1 Å². The highest BCUT2D eigenvalue weighted by atomic mass is 16.5. The Labute approximate surface area is 117 Å². The van der Waals surface area contributed by atoms with E-state index in [9.17, 15) is 0 Å². The largest absolute Gasteiger partial charge is 0.497 e. The van der Waals surface area contributed by atoms with Crippen LogP contribution in [0.5, 0.6) is 11.5 Å². The van der Waals surface area contributed by atoms with Crippen LogP contribution in [0.2, 0.25) is 0 Å². The molecule has 1 aromatic heterocycles. The van der Waals surface area contributed by atoms with Crippen molar-refractivity contribution in [2.45, 2.75) is 6.92 Å². The van der Waals surface area contributed by atoms with Gasteiger partial charge in [-0.3, -0.25) is 0 Å². The minimum Gasteiger partial charge on any atom is -0.497 e. The van der Waals surface area contributed by atoms with E-state index in [2.05, 4.69) is 0 Å². The molecule has 20 heavy (non-hydrogen) atoms. The zero-order valence-corrected chi connectivity index (χ0v) is 11.8. The van der Waals surface area contributed by atoms with Gasteiger partial charge in [-0.05, 0) is 42.8 Å². The van der Waals surface area contributed by atoms with Crippen LogP contribution in [-0.2, 0) is 0 Å². The first-order chi connectivity index (χ1) is 9.72. The Morgan fingerprint density at radius 2 is 1.50 bits per heavy atom. The Bertz CT molecular complexity index is 739. The number of hydrogen-bond acceptors (Lipinski definition) is 3. The maximum absolute atomic E-state index is 5.82. The molecule has 0 atom stereocenters. The molecular weight excluding hydrogens is 252 g/mol. The fourth-order valence-corrected chi connectivity index (χ4v) is 2.44. The lowest BCUT2D eigenvalue weighted by atomic mass is 10.0. The molecule has 102 valence electrons. The van der Waals surface area contributed by atoms with E-state index in [1.54, 1.807) is 14.2 Å². The Balaban J connectivity index is 2.20. The summed E-state index contributed by atoms with van der Waals surface area (Å²) >= 11 is 0. The van der Waals surface area contributed by atoms with Crippen molar-refractivity contribution in [3.63, 3.8) is 0 Å². The second-order valence-electron chi connectivity index (χ2n) is 4.62. The third-order valence-corrected chi connectivity index (χ3v) is 3.45. The van der Waals surface area contributed by atoms with Crippen molar-refractivity contribution in [3.8, 4) is 22.6 Å². The van der Waals surface area contributed by atoms with Gasteiger partial charge in [0.25, 0.3) is 0 Å². The van der Waals surface area contributed by atoms with Crippen molar-refractivity contribution in [2.75, 3.05) is 14.2 Å². The number of ether oxygens (including phenoxy) is 2. The van der Waals surface area contributed by atoms with Crippen molar-refractivity contribution in [1.29, 1.82) is 0 Å². The van der Waals surface area contributed by atoms with Gasteiger partial charge in [-0.25, -0.2) is 0 Å². The van der Waals surface area contributed by atoms with Gasteiger partial charge < -0.3 is 13.9 Å². The van der Waals surface area contributed by atoms with E-state index >= 15 is 0 Å². The van der Waals surface area contributed by atoms with Gasteiger partial charge in [0.1, 0.15) is 22.8 Å². The van der Waals surface area contributed by atoms with Gasteiger partial charge in [-0.2, -0.15) is 0 Å². The van der Waals surface area contributed by atoms with Crippen molar-refractivity contribution in [1.82, 2.24) is 0 Å². The van der Waals surface area contributed by atoms with E-state index in [4.69, 9.17) is 13.9 Å². The number of hydrogen-bond donors (Lipinski definition) is 0. The van der Waals surface area contributed by atoms with Gasteiger partial charge in [0.2, 0.25) is 0 Å². The van der Waals surface area contributed by atoms with Crippen LogP contribution >= 0.6 is 0 Å². The summed E-state index contributed by atoms with van der Waals surface area (Å²) < 4.78 is 16.3. The van der Waals surface area contributed by atoms with Crippen molar-refractivity contribution in [2.24, 2.45) is 0 Å². The number of aryl methyl sites for hydroxylation is 1. The maximum Gasteiger partial charge on any atom is 0.135 e. The molecule has 0 fully saturated rings. The monoisotopic (exact) mass is 268 g/mol. The molecule has 0 aliphatic rings. The van der Waals surface area contributed by atoms with Crippen molar-refractivity contribution < 1.29 is 13.9 Å². The SMILES string of the molecule is COc1ccc(-c2c(C)oc3ccc(OC)cc23)cc1. The van der Waals surface area contributed by atoms with Gasteiger partial charge in [0, 0.05) is 10.9 Å². The number of methoxy groups -OCH3 is 2. The molecule has 0 amide bonds. The Morgan fingerprint density at radius 1 is 0.850 bits per heavy atom. The molecule has 0 bridgehead atoms. The fourth-order valence-electron chi connectivity index (χ4n) is 2.44. The topological polar surface area (TPSA) is 31.6 Å². The minimum absolute atomic E-state index is 0.827. The van der Waals surface area contributed by atoms with Gasteiger partial charge in [0.15, 0.2) is 0 Å². The molecule has 1 heterocycles. The third kappa shape index (κ3) is 2.01. The van der Waals surface area contributed by atoms with Crippen molar-refractivity contribution >= 4 is 11.0 Å². The van der Waals surface area contributed by atoms with E-state index in [1.807, 2.05) is 49.4 Å². The van der Waals surface area contributed by atoms with Gasteiger partial charge in [0.05, 0.1) is 14.2 Å². The second kappa shape index (κ2) is 4.93. The summed E-state index contributed by atoms with van der Waals surface area (Å²) in [6.45, 7) is 1.98. The minimum atomic E-state index is 0.827. The zero-order valence-electron chi connectivity index (χ0n) is 11.8. The molecule has 0 spiro atoms. The van der Waals surface area contributed by atoms with E-state index in [1.165, 1.54) is 0 Å². The van der Waals surface area contributed by atoms with Crippen LogP contribution in [0, 0.1) is 6.92 Å². The molecule has 3 nitrogen and oxygen atoms in total. The van der Waals surface area contributed by atoms with Crippen LogP contribution in [0.4, 0.5) is 0 Å².